The number of benzene rings is 1. The van der Waals surface area contributed by atoms with Gasteiger partial charge in [0.15, 0.2) is 0 Å². The molecule has 0 bridgehead atoms. The molecule has 0 heterocycles. The third-order valence-electron chi connectivity index (χ3n) is 5.26. The summed E-state index contributed by atoms with van der Waals surface area (Å²) in [6.45, 7) is 3.43. The number of carbonyl (C=O) groups excluding carboxylic acids is 4. The van der Waals surface area contributed by atoms with Gasteiger partial charge in [0, 0.05) is 18.7 Å². The largest absolute Gasteiger partial charge is 0.481 e. The number of aliphatic carboxylic acids is 1. The molecule has 0 spiro atoms. The van der Waals surface area contributed by atoms with Crippen molar-refractivity contribution in [1.82, 2.24) is 16.0 Å². The number of hydrogen-bond donors (Lipinski definition) is 8. The van der Waals surface area contributed by atoms with E-state index < -0.39 is 47.8 Å². The number of carboxylic acid groups (broad SMARTS) is 1. The predicted molar refractivity (Wildman–Crippen MR) is 131 cm³/mol. The summed E-state index contributed by atoms with van der Waals surface area (Å²) >= 11 is 0. The molecule has 0 aliphatic heterocycles. The minimum absolute atomic E-state index is 0.0967. The summed E-state index contributed by atoms with van der Waals surface area (Å²) in [6, 6.07) is 2.61. The zero-order valence-corrected chi connectivity index (χ0v) is 20.5. The van der Waals surface area contributed by atoms with Crippen molar-refractivity contribution in [1.29, 1.82) is 0 Å². The molecule has 0 saturated heterocycles. The van der Waals surface area contributed by atoms with Gasteiger partial charge in [0.05, 0.1) is 12.6 Å². The number of rotatable bonds is 15. The number of aliphatic hydroxyl groups is 1. The van der Waals surface area contributed by atoms with E-state index in [1.165, 1.54) is 0 Å². The lowest BCUT2D eigenvalue weighted by Crippen LogP contribution is -2.56. The maximum atomic E-state index is 13.0. The summed E-state index contributed by atoms with van der Waals surface area (Å²) in [5.74, 6) is -3.29. The number of carboxylic acids is 1. The molecule has 0 unspecified atom stereocenters. The summed E-state index contributed by atoms with van der Waals surface area (Å²) in [7, 11) is 0. The van der Waals surface area contributed by atoms with E-state index in [0.29, 0.717) is 17.7 Å². The first kappa shape index (κ1) is 30.3. The van der Waals surface area contributed by atoms with Crippen LogP contribution in [0.15, 0.2) is 24.3 Å². The maximum Gasteiger partial charge on any atom is 0.312 e. The molecule has 3 atom stereocenters. The fraction of sp³-hybridized carbons (Fsp3) is 0.522. The van der Waals surface area contributed by atoms with Crippen LogP contribution in [-0.2, 0) is 25.8 Å². The first-order valence-corrected chi connectivity index (χ1v) is 11.6. The van der Waals surface area contributed by atoms with Gasteiger partial charge in [0.1, 0.15) is 12.1 Å². The summed E-state index contributed by atoms with van der Waals surface area (Å²) in [5.41, 5.74) is 11.9. The predicted octanol–water partition coefficient (Wildman–Crippen LogP) is -0.616. The number of hydrogen-bond acceptors (Lipinski definition) is 7. The average molecular weight is 509 g/mol. The number of anilines is 1. The molecular formula is C23H36N6O7. The number of nitrogens with two attached hydrogens (primary N) is 2. The van der Waals surface area contributed by atoms with Crippen molar-refractivity contribution < 1.29 is 34.2 Å². The molecule has 0 fully saturated rings. The Morgan fingerprint density at radius 3 is 2.11 bits per heavy atom. The van der Waals surface area contributed by atoms with Crippen LogP contribution in [0.25, 0.3) is 0 Å². The summed E-state index contributed by atoms with van der Waals surface area (Å²) in [4.78, 5) is 60.0. The molecule has 0 saturated carbocycles. The van der Waals surface area contributed by atoms with Crippen molar-refractivity contribution in [2.24, 2.45) is 17.4 Å². The second kappa shape index (κ2) is 15.3. The first-order chi connectivity index (χ1) is 16.9. The van der Waals surface area contributed by atoms with Gasteiger partial charge in [-0.25, -0.2) is 4.79 Å². The molecule has 5 amide bonds. The van der Waals surface area contributed by atoms with E-state index in [0.717, 1.165) is 0 Å². The number of urea groups is 1. The minimum atomic E-state index is -1.11. The first-order valence-electron chi connectivity index (χ1n) is 11.6. The van der Waals surface area contributed by atoms with Gasteiger partial charge in [-0.05, 0) is 42.9 Å². The van der Waals surface area contributed by atoms with Gasteiger partial charge in [-0.3, -0.25) is 19.2 Å². The van der Waals surface area contributed by atoms with Crippen molar-refractivity contribution in [2.45, 2.75) is 64.3 Å². The zero-order chi connectivity index (χ0) is 27.3. The van der Waals surface area contributed by atoms with Crippen LogP contribution in [-0.4, -0.2) is 64.6 Å². The number of carbonyl (C=O) groups is 5. The van der Waals surface area contributed by atoms with Gasteiger partial charge in [-0.15, -0.1) is 0 Å². The van der Waals surface area contributed by atoms with E-state index in [9.17, 15) is 24.0 Å². The van der Waals surface area contributed by atoms with E-state index in [-0.39, 0.29) is 38.3 Å². The van der Waals surface area contributed by atoms with Crippen LogP contribution in [0.1, 0.15) is 45.1 Å². The van der Waals surface area contributed by atoms with E-state index in [4.69, 9.17) is 21.7 Å². The van der Waals surface area contributed by atoms with Crippen molar-refractivity contribution in [2.75, 3.05) is 11.9 Å². The number of nitrogens with one attached hydrogen (secondary N) is 4. The van der Waals surface area contributed by atoms with E-state index in [2.05, 4.69) is 21.3 Å². The maximum absolute atomic E-state index is 13.0. The lowest BCUT2D eigenvalue weighted by Gasteiger charge is -2.26. The van der Waals surface area contributed by atoms with Gasteiger partial charge >= 0.3 is 12.0 Å². The Hall–Kier alpha value is -3.71. The summed E-state index contributed by atoms with van der Waals surface area (Å²) < 4.78 is 0. The second-order valence-electron chi connectivity index (χ2n) is 8.61. The van der Waals surface area contributed by atoms with Crippen LogP contribution in [0.3, 0.4) is 0 Å². The zero-order valence-electron chi connectivity index (χ0n) is 20.5. The Bertz CT molecular complexity index is 907. The molecule has 0 radical (unpaired) electrons. The molecule has 1 rings (SSSR count). The quantitative estimate of drug-likeness (QED) is 0.142. The second-order valence-corrected chi connectivity index (χ2v) is 8.61. The molecule has 0 aliphatic rings. The van der Waals surface area contributed by atoms with Crippen LogP contribution < -0.4 is 32.7 Å². The monoisotopic (exact) mass is 508 g/mol. The van der Waals surface area contributed by atoms with Crippen molar-refractivity contribution in [3.8, 4) is 0 Å². The minimum Gasteiger partial charge on any atom is -0.481 e. The SMILES string of the molecule is CC(C)[C@H](NC(=O)[C@@H](N)CCC(=O)O)C(=O)N[C@@H](CCCNC(N)=O)C(=O)Nc1ccc(CO)cc1. The Kier molecular flexibility index (Phi) is 12.9. The van der Waals surface area contributed by atoms with E-state index >= 15 is 0 Å². The van der Waals surface area contributed by atoms with E-state index in [1.54, 1.807) is 38.1 Å². The third kappa shape index (κ3) is 11.1. The highest BCUT2D eigenvalue weighted by Gasteiger charge is 2.30. The van der Waals surface area contributed by atoms with Crippen molar-refractivity contribution in [3.63, 3.8) is 0 Å². The standard InChI is InChI=1S/C23H36N6O7/c1-13(2)19(29-20(33)16(24)9-10-18(31)32)22(35)28-17(4-3-11-26-23(25)36)21(34)27-15-7-5-14(12-30)6-8-15/h5-8,13,16-17,19,30H,3-4,9-12,24H2,1-2H3,(H,27,34)(H,28,35)(H,29,33)(H,31,32)(H3,25,26,36)/t16-,17-,19-/m0/s1. The molecule has 13 heteroatoms. The topological polar surface area (TPSA) is 226 Å². The molecule has 36 heavy (non-hydrogen) atoms. The van der Waals surface area contributed by atoms with Gasteiger partial charge < -0.3 is 42.9 Å². The number of amides is 5. The Morgan fingerprint density at radius 1 is 0.944 bits per heavy atom. The summed E-state index contributed by atoms with van der Waals surface area (Å²) in [6.07, 6.45) is 0.0849. The smallest absolute Gasteiger partial charge is 0.312 e. The molecule has 0 aliphatic carbocycles. The fourth-order valence-corrected chi connectivity index (χ4v) is 3.18. The van der Waals surface area contributed by atoms with Gasteiger partial charge in [-0.1, -0.05) is 26.0 Å². The molecule has 10 N–H and O–H groups in total. The third-order valence-corrected chi connectivity index (χ3v) is 5.26. The van der Waals surface area contributed by atoms with Gasteiger partial charge in [-0.2, -0.15) is 0 Å². The molecule has 0 aromatic heterocycles. The molecule has 13 nitrogen and oxygen atoms in total. The van der Waals surface area contributed by atoms with Crippen LogP contribution in [0.4, 0.5) is 10.5 Å². The van der Waals surface area contributed by atoms with Crippen molar-refractivity contribution >= 4 is 35.4 Å². The van der Waals surface area contributed by atoms with Crippen LogP contribution in [0.5, 0.6) is 0 Å². The van der Waals surface area contributed by atoms with E-state index in [1.807, 2.05) is 0 Å². The Balaban J connectivity index is 2.92. The highest BCUT2D eigenvalue weighted by atomic mass is 16.4. The summed E-state index contributed by atoms with van der Waals surface area (Å²) in [5, 5.41) is 28.2. The van der Waals surface area contributed by atoms with Gasteiger partial charge in [0.2, 0.25) is 17.7 Å². The van der Waals surface area contributed by atoms with Gasteiger partial charge in [0.25, 0.3) is 0 Å². The van der Waals surface area contributed by atoms with Crippen molar-refractivity contribution in [3.05, 3.63) is 29.8 Å². The fourth-order valence-electron chi connectivity index (χ4n) is 3.18. The lowest BCUT2D eigenvalue weighted by molar-refractivity contribution is -0.137. The molecule has 1 aromatic carbocycles. The Labute approximate surface area is 209 Å². The highest BCUT2D eigenvalue weighted by molar-refractivity contribution is 5.98. The molecule has 1 aromatic rings. The van der Waals surface area contributed by atoms with Crippen LogP contribution in [0, 0.1) is 5.92 Å². The number of aliphatic hydroxyl groups excluding tert-OH is 1. The van der Waals surface area contributed by atoms with Crippen LogP contribution in [0.2, 0.25) is 0 Å². The molecular weight excluding hydrogens is 472 g/mol. The normalized spacial score (nSPS) is 13.2. The number of primary amides is 1. The average Bonchev–Trinajstić information content (AvgIpc) is 2.82. The Morgan fingerprint density at radius 2 is 1.58 bits per heavy atom. The molecule has 200 valence electrons. The van der Waals surface area contributed by atoms with Crippen LogP contribution >= 0.6 is 0 Å². The highest BCUT2D eigenvalue weighted by Crippen LogP contribution is 2.12. The lowest BCUT2D eigenvalue weighted by atomic mass is 10.0.